The molecule has 3 aliphatic rings. The Morgan fingerprint density at radius 2 is 2.17 bits per heavy atom. The molecule has 24 heavy (non-hydrogen) atoms. The summed E-state index contributed by atoms with van der Waals surface area (Å²) >= 11 is 0. The monoisotopic (exact) mass is 357 g/mol. The second-order valence-electron chi connectivity index (χ2n) is 7.54. The summed E-state index contributed by atoms with van der Waals surface area (Å²) in [6.45, 7) is 3.40. The van der Waals surface area contributed by atoms with Crippen molar-refractivity contribution < 1.29 is 13.2 Å². The van der Waals surface area contributed by atoms with Crippen LogP contribution in [0.5, 0.6) is 0 Å². The molecule has 3 fully saturated rings. The summed E-state index contributed by atoms with van der Waals surface area (Å²) in [5, 5.41) is 0. The molecule has 0 unspecified atom stereocenters. The highest BCUT2D eigenvalue weighted by atomic mass is 32.2. The van der Waals surface area contributed by atoms with Crippen molar-refractivity contribution in [2.45, 2.75) is 56.1 Å². The predicted octanol–water partition coefficient (Wildman–Crippen LogP) is -0.313. The Balaban J connectivity index is 1.58. The number of nitrogens with zero attached hydrogens (tertiary/aromatic N) is 2. The third-order valence-corrected chi connectivity index (χ3v) is 6.57. The lowest BCUT2D eigenvalue weighted by Crippen LogP contribution is -2.60. The molecule has 3 atom stereocenters. The van der Waals surface area contributed by atoms with Crippen LogP contribution in [0.3, 0.4) is 0 Å². The van der Waals surface area contributed by atoms with Crippen LogP contribution in [0.15, 0.2) is 0 Å². The van der Waals surface area contributed by atoms with Gasteiger partial charge in [0.15, 0.2) is 0 Å². The molecule has 0 aromatic heterocycles. The number of sulfonamides is 1. The summed E-state index contributed by atoms with van der Waals surface area (Å²) in [4.78, 5) is 16.7. The van der Waals surface area contributed by atoms with Crippen molar-refractivity contribution in [2.24, 2.45) is 5.73 Å². The number of fused-ring (bicyclic) bond motifs is 2. The molecule has 3 N–H and O–H groups in total. The molecule has 8 heteroatoms. The van der Waals surface area contributed by atoms with Crippen molar-refractivity contribution in [1.82, 2.24) is 14.5 Å². The number of nitrogens with one attached hydrogen (secondary N) is 1. The Hall–Kier alpha value is -0.700. The van der Waals surface area contributed by atoms with Crippen LogP contribution in [0.2, 0.25) is 0 Å². The number of nitrogens with two attached hydrogens (primary N) is 1. The number of piperidine rings is 2. The van der Waals surface area contributed by atoms with Crippen LogP contribution in [0.25, 0.3) is 0 Å². The second kappa shape index (κ2) is 6.90. The van der Waals surface area contributed by atoms with E-state index in [1.54, 1.807) is 0 Å². The Labute approximate surface area is 145 Å². The molecule has 137 valence electrons. The number of primary amides is 1. The summed E-state index contributed by atoms with van der Waals surface area (Å²) in [5.41, 5.74) is 5.26. The summed E-state index contributed by atoms with van der Waals surface area (Å²) in [6.07, 6.45) is 9.00. The molecule has 0 spiro atoms. The predicted molar refractivity (Wildman–Crippen MR) is 92.6 cm³/mol. The van der Waals surface area contributed by atoms with E-state index >= 15 is 0 Å². The van der Waals surface area contributed by atoms with E-state index in [0.29, 0.717) is 6.04 Å². The SMILES string of the molecule is CS(=O)(=O)N[C@H]1CCCN(CCN2[C@@H]3C[CH]C[C@@]2(C(N)=O)CC3)C1. The van der Waals surface area contributed by atoms with Gasteiger partial charge in [-0.2, -0.15) is 0 Å². The van der Waals surface area contributed by atoms with Gasteiger partial charge in [-0.1, -0.05) is 0 Å². The van der Waals surface area contributed by atoms with E-state index in [9.17, 15) is 13.2 Å². The molecule has 3 rings (SSSR count). The second-order valence-corrected chi connectivity index (χ2v) is 9.32. The van der Waals surface area contributed by atoms with Gasteiger partial charge in [0.1, 0.15) is 5.54 Å². The topological polar surface area (TPSA) is 95.7 Å². The molecule has 7 nitrogen and oxygen atoms in total. The fraction of sp³-hybridized carbons (Fsp3) is 0.875. The van der Waals surface area contributed by atoms with Crippen LogP contribution in [0.1, 0.15) is 38.5 Å². The lowest BCUT2D eigenvalue weighted by atomic mass is 9.87. The molecule has 3 saturated heterocycles. The maximum Gasteiger partial charge on any atom is 0.237 e. The molecule has 1 radical (unpaired) electrons. The molecule has 0 aromatic rings. The Morgan fingerprint density at radius 3 is 2.88 bits per heavy atom. The summed E-state index contributed by atoms with van der Waals surface area (Å²) in [5.74, 6) is -0.198. The largest absolute Gasteiger partial charge is 0.368 e. The van der Waals surface area contributed by atoms with Crippen LogP contribution in [0.4, 0.5) is 0 Å². The fourth-order valence-electron chi connectivity index (χ4n) is 4.70. The summed E-state index contributed by atoms with van der Waals surface area (Å²) in [6, 6.07) is 0.422. The van der Waals surface area contributed by atoms with Crippen LogP contribution in [0, 0.1) is 6.42 Å². The minimum Gasteiger partial charge on any atom is -0.368 e. The normalized spacial score (nSPS) is 35.2. The molecule has 3 aliphatic heterocycles. The first-order chi connectivity index (χ1) is 11.3. The maximum absolute atomic E-state index is 12.1. The number of hydrogen-bond acceptors (Lipinski definition) is 5. The quantitative estimate of drug-likeness (QED) is 0.680. The molecule has 0 aliphatic carbocycles. The Bertz CT molecular complexity index is 578. The Kier molecular flexibility index (Phi) is 5.20. The molecule has 0 saturated carbocycles. The first-order valence-electron chi connectivity index (χ1n) is 8.88. The van der Waals surface area contributed by atoms with Gasteiger partial charge in [-0.05, 0) is 51.5 Å². The number of amides is 1. The van der Waals surface area contributed by atoms with Crippen molar-refractivity contribution >= 4 is 15.9 Å². The van der Waals surface area contributed by atoms with E-state index in [0.717, 1.165) is 64.7 Å². The molecule has 2 bridgehead atoms. The van der Waals surface area contributed by atoms with Gasteiger partial charge in [0.05, 0.1) is 6.26 Å². The van der Waals surface area contributed by atoms with Crippen molar-refractivity contribution in [3.8, 4) is 0 Å². The number of rotatable bonds is 6. The zero-order valence-corrected chi connectivity index (χ0v) is 15.2. The van der Waals surface area contributed by atoms with Crippen LogP contribution >= 0.6 is 0 Å². The number of carbonyl (C=O) groups is 1. The van der Waals surface area contributed by atoms with E-state index in [1.165, 1.54) is 6.26 Å². The molecular formula is C16H29N4O3S. The van der Waals surface area contributed by atoms with Crippen molar-refractivity contribution in [3.05, 3.63) is 6.42 Å². The lowest BCUT2D eigenvalue weighted by molar-refractivity contribution is -0.130. The number of hydrogen-bond donors (Lipinski definition) is 2. The van der Waals surface area contributed by atoms with Gasteiger partial charge in [-0.3, -0.25) is 9.69 Å². The van der Waals surface area contributed by atoms with Gasteiger partial charge < -0.3 is 10.6 Å². The van der Waals surface area contributed by atoms with Crippen molar-refractivity contribution in [1.29, 1.82) is 0 Å². The highest BCUT2D eigenvalue weighted by molar-refractivity contribution is 7.88. The first-order valence-corrected chi connectivity index (χ1v) is 10.8. The van der Waals surface area contributed by atoms with Gasteiger partial charge in [0.2, 0.25) is 15.9 Å². The zero-order valence-electron chi connectivity index (χ0n) is 14.4. The van der Waals surface area contributed by atoms with Crippen LogP contribution in [-0.4, -0.2) is 74.2 Å². The Morgan fingerprint density at radius 1 is 1.38 bits per heavy atom. The average Bonchev–Trinajstić information content (AvgIpc) is 2.69. The summed E-state index contributed by atoms with van der Waals surface area (Å²) in [7, 11) is -3.16. The van der Waals surface area contributed by atoms with E-state index in [4.69, 9.17) is 5.73 Å². The molecule has 0 aromatic carbocycles. The third kappa shape index (κ3) is 3.76. The van der Waals surface area contributed by atoms with Crippen molar-refractivity contribution in [2.75, 3.05) is 32.4 Å². The van der Waals surface area contributed by atoms with Crippen molar-refractivity contribution in [3.63, 3.8) is 0 Å². The molecule has 3 heterocycles. The minimum absolute atomic E-state index is 0.00902. The summed E-state index contributed by atoms with van der Waals surface area (Å²) < 4.78 is 25.6. The third-order valence-electron chi connectivity index (χ3n) is 5.80. The zero-order chi connectivity index (χ0) is 17.4. The number of likely N-dealkylation sites (tertiary alicyclic amines) is 1. The van der Waals surface area contributed by atoms with Gasteiger partial charge in [-0.25, -0.2) is 13.1 Å². The first kappa shape index (κ1) is 18.1. The standard InChI is InChI=1S/C16H29N4O3S/c1-24(22,23)18-13-4-3-9-19(12-13)10-11-20-14-5-2-7-16(20,8-6-14)15(17)21/h2,13-14,18H,3-12H2,1H3,(H2,17,21)/t13-,14+,16-/m0/s1. The minimum atomic E-state index is -3.16. The van der Waals surface area contributed by atoms with E-state index in [1.807, 2.05) is 0 Å². The van der Waals surface area contributed by atoms with Crippen LogP contribution < -0.4 is 10.5 Å². The smallest absolute Gasteiger partial charge is 0.237 e. The van der Waals surface area contributed by atoms with Crippen LogP contribution in [-0.2, 0) is 14.8 Å². The van der Waals surface area contributed by atoms with Gasteiger partial charge in [-0.15, -0.1) is 0 Å². The average molecular weight is 358 g/mol. The fourth-order valence-corrected chi connectivity index (χ4v) is 5.50. The van der Waals surface area contributed by atoms with Gasteiger partial charge in [0, 0.05) is 31.7 Å². The molecular weight excluding hydrogens is 328 g/mol. The highest BCUT2D eigenvalue weighted by Crippen LogP contribution is 2.43. The molecule has 1 amide bonds. The van der Waals surface area contributed by atoms with Gasteiger partial charge in [0.25, 0.3) is 0 Å². The van der Waals surface area contributed by atoms with E-state index in [-0.39, 0.29) is 11.9 Å². The van der Waals surface area contributed by atoms with E-state index < -0.39 is 15.6 Å². The maximum atomic E-state index is 12.1. The lowest BCUT2D eigenvalue weighted by Gasteiger charge is -2.44. The number of carbonyl (C=O) groups excluding carboxylic acids is 1. The highest BCUT2D eigenvalue weighted by Gasteiger charge is 2.52. The van der Waals surface area contributed by atoms with Gasteiger partial charge >= 0.3 is 0 Å². The van der Waals surface area contributed by atoms with E-state index in [2.05, 4.69) is 20.9 Å².